The van der Waals surface area contributed by atoms with Gasteiger partial charge in [0.2, 0.25) is 5.91 Å². The molecule has 1 amide bonds. The standard InChI is InChI=1S/C20H20N2O6S2/c1-12(23)22-6-7-29-19-5-2-15(10-17(19)22)21-30(26,27)16-3-4-18-13(9-16)8-14(11-28-18)20(24)25/h2-5,9-10,14,21H,6-8,11H2,1H3,(H,24,25). The van der Waals surface area contributed by atoms with Crippen molar-refractivity contribution in [2.24, 2.45) is 5.92 Å². The van der Waals surface area contributed by atoms with Gasteiger partial charge in [-0.1, -0.05) is 0 Å². The quantitative estimate of drug-likeness (QED) is 0.739. The Balaban J connectivity index is 1.61. The molecule has 2 heterocycles. The van der Waals surface area contributed by atoms with E-state index in [1.807, 2.05) is 0 Å². The van der Waals surface area contributed by atoms with Crippen LogP contribution in [0.5, 0.6) is 5.75 Å². The van der Waals surface area contributed by atoms with Crippen LogP contribution in [0.4, 0.5) is 11.4 Å². The molecule has 2 aliphatic rings. The van der Waals surface area contributed by atoms with Crippen molar-refractivity contribution in [2.45, 2.75) is 23.1 Å². The largest absolute Gasteiger partial charge is 0.492 e. The second-order valence-electron chi connectivity index (χ2n) is 7.13. The molecule has 0 radical (unpaired) electrons. The van der Waals surface area contributed by atoms with Crippen LogP contribution in [0.15, 0.2) is 46.2 Å². The number of fused-ring (bicyclic) bond motifs is 2. The lowest BCUT2D eigenvalue weighted by Gasteiger charge is -2.28. The maximum atomic E-state index is 12.9. The van der Waals surface area contributed by atoms with Crippen molar-refractivity contribution in [3.8, 4) is 5.75 Å². The van der Waals surface area contributed by atoms with Crippen LogP contribution in [-0.2, 0) is 26.0 Å². The molecular formula is C20H20N2O6S2. The van der Waals surface area contributed by atoms with Gasteiger partial charge in [-0.15, -0.1) is 11.8 Å². The van der Waals surface area contributed by atoms with E-state index in [4.69, 9.17) is 4.74 Å². The lowest BCUT2D eigenvalue weighted by atomic mass is 9.97. The van der Waals surface area contributed by atoms with Crippen LogP contribution in [0.1, 0.15) is 12.5 Å². The van der Waals surface area contributed by atoms with Crippen molar-refractivity contribution in [3.05, 3.63) is 42.0 Å². The molecule has 0 bridgehead atoms. The van der Waals surface area contributed by atoms with E-state index in [0.29, 0.717) is 29.2 Å². The summed E-state index contributed by atoms with van der Waals surface area (Å²) in [5.74, 6) is -0.506. The highest BCUT2D eigenvalue weighted by atomic mass is 32.2. The fourth-order valence-corrected chi connectivity index (χ4v) is 5.59. The minimum atomic E-state index is -3.91. The van der Waals surface area contributed by atoms with Crippen molar-refractivity contribution < 1.29 is 27.9 Å². The summed E-state index contributed by atoms with van der Waals surface area (Å²) in [4.78, 5) is 25.7. The maximum absolute atomic E-state index is 12.9. The van der Waals surface area contributed by atoms with Crippen molar-refractivity contribution in [1.29, 1.82) is 0 Å². The average Bonchev–Trinajstić information content (AvgIpc) is 2.72. The van der Waals surface area contributed by atoms with Gasteiger partial charge < -0.3 is 14.7 Å². The Morgan fingerprint density at radius 2 is 2.03 bits per heavy atom. The molecule has 30 heavy (non-hydrogen) atoms. The van der Waals surface area contributed by atoms with Gasteiger partial charge in [0.25, 0.3) is 10.0 Å². The smallest absolute Gasteiger partial charge is 0.310 e. The monoisotopic (exact) mass is 448 g/mol. The lowest BCUT2D eigenvalue weighted by Crippen LogP contribution is -2.33. The van der Waals surface area contributed by atoms with E-state index in [1.54, 1.807) is 40.9 Å². The first-order valence-corrected chi connectivity index (χ1v) is 11.8. The van der Waals surface area contributed by atoms with Crippen LogP contribution in [0, 0.1) is 5.92 Å². The fourth-order valence-electron chi connectivity index (χ4n) is 3.52. The highest BCUT2D eigenvalue weighted by molar-refractivity contribution is 7.99. The highest BCUT2D eigenvalue weighted by Gasteiger charge is 2.28. The number of carbonyl (C=O) groups excluding carboxylic acids is 1. The number of anilines is 2. The zero-order chi connectivity index (χ0) is 21.5. The number of carboxylic acid groups (broad SMARTS) is 1. The van der Waals surface area contributed by atoms with Gasteiger partial charge in [-0.05, 0) is 48.4 Å². The second kappa shape index (κ2) is 7.84. The molecule has 2 aromatic rings. The van der Waals surface area contributed by atoms with Crippen molar-refractivity contribution >= 4 is 45.0 Å². The van der Waals surface area contributed by atoms with Gasteiger partial charge in [0.05, 0.1) is 22.2 Å². The van der Waals surface area contributed by atoms with E-state index < -0.39 is 21.9 Å². The first kappa shape index (κ1) is 20.5. The Labute approximate surface area is 178 Å². The second-order valence-corrected chi connectivity index (χ2v) is 9.95. The third kappa shape index (κ3) is 3.97. The number of hydrogen-bond acceptors (Lipinski definition) is 6. The molecule has 8 nitrogen and oxygen atoms in total. The molecule has 0 aliphatic carbocycles. The number of rotatable bonds is 4. The van der Waals surface area contributed by atoms with Gasteiger partial charge in [-0.2, -0.15) is 0 Å². The number of carbonyl (C=O) groups is 2. The molecule has 2 aromatic carbocycles. The van der Waals surface area contributed by atoms with Gasteiger partial charge in [0, 0.05) is 24.1 Å². The van der Waals surface area contributed by atoms with Crippen molar-refractivity contribution in [1.82, 2.24) is 0 Å². The number of hydrogen-bond donors (Lipinski definition) is 2. The average molecular weight is 449 g/mol. The topological polar surface area (TPSA) is 113 Å². The summed E-state index contributed by atoms with van der Waals surface area (Å²) in [6.45, 7) is 2.11. The van der Waals surface area contributed by atoms with E-state index in [-0.39, 0.29) is 23.8 Å². The highest BCUT2D eigenvalue weighted by Crippen LogP contribution is 2.37. The Morgan fingerprint density at radius 1 is 1.23 bits per heavy atom. The van der Waals surface area contributed by atoms with Crippen molar-refractivity contribution in [2.75, 3.05) is 28.5 Å². The van der Waals surface area contributed by atoms with Crippen molar-refractivity contribution in [3.63, 3.8) is 0 Å². The summed E-state index contributed by atoms with van der Waals surface area (Å²) in [6.07, 6.45) is 0.206. The van der Waals surface area contributed by atoms with Crippen LogP contribution in [-0.4, -0.2) is 44.3 Å². The van der Waals surface area contributed by atoms with E-state index in [2.05, 4.69) is 4.72 Å². The van der Waals surface area contributed by atoms with E-state index in [9.17, 15) is 23.1 Å². The van der Waals surface area contributed by atoms with Gasteiger partial charge in [-0.25, -0.2) is 8.42 Å². The lowest BCUT2D eigenvalue weighted by molar-refractivity contribution is -0.143. The molecule has 0 fully saturated rings. The number of benzene rings is 2. The van der Waals surface area contributed by atoms with Gasteiger partial charge >= 0.3 is 5.97 Å². The Morgan fingerprint density at radius 3 is 2.77 bits per heavy atom. The molecule has 2 N–H and O–H groups in total. The van der Waals surface area contributed by atoms with E-state index >= 15 is 0 Å². The molecule has 4 rings (SSSR count). The van der Waals surface area contributed by atoms with Crippen LogP contribution in [0.3, 0.4) is 0 Å². The number of carboxylic acids is 1. The Hall–Kier alpha value is -2.72. The molecule has 0 saturated carbocycles. The number of amides is 1. The zero-order valence-corrected chi connectivity index (χ0v) is 17.8. The normalized spacial score (nSPS) is 18.0. The Bertz CT molecular complexity index is 1130. The van der Waals surface area contributed by atoms with E-state index in [1.165, 1.54) is 19.1 Å². The molecular weight excluding hydrogens is 428 g/mol. The third-order valence-corrected chi connectivity index (χ3v) is 7.47. The summed E-state index contributed by atoms with van der Waals surface area (Å²) in [6, 6.07) is 9.53. The predicted molar refractivity (Wildman–Crippen MR) is 113 cm³/mol. The SMILES string of the molecule is CC(=O)N1CCSc2ccc(NS(=O)(=O)c3ccc4c(c3)CC(C(=O)O)CO4)cc21. The fraction of sp³-hybridized carbons (Fsp3) is 0.300. The van der Waals surface area contributed by atoms with Crippen LogP contribution >= 0.6 is 11.8 Å². The van der Waals surface area contributed by atoms with Crippen LogP contribution < -0.4 is 14.4 Å². The summed E-state index contributed by atoms with van der Waals surface area (Å²) < 4.78 is 33.9. The summed E-state index contributed by atoms with van der Waals surface area (Å²) in [5.41, 5.74) is 1.57. The van der Waals surface area contributed by atoms with E-state index in [0.717, 1.165) is 10.6 Å². The Kier molecular flexibility index (Phi) is 5.37. The number of sulfonamides is 1. The molecule has 1 atom stereocenters. The number of thioether (sulfide) groups is 1. The minimum Gasteiger partial charge on any atom is -0.492 e. The summed E-state index contributed by atoms with van der Waals surface area (Å²) >= 11 is 1.62. The predicted octanol–water partition coefficient (Wildman–Crippen LogP) is 2.58. The molecule has 0 aromatic heterocycles. The third-order valence-electron chi connectivity index (χ3n) is 5.05. The maximum Gasteiger partial charge on any atom is 0.310 e. The van der Waals surface area contributed by atoms with Crippen LogP contribution in [0.2, 0.25) is 0 Å². The molecule has 0 saturated heterocycles. The summed E-state index contributed by atoms with van der Waals surface area (Å²) in [5, 5.41) is 9.20. The number of nitrogens with one attached hydrogen (secondary N) is 1. The molecule has 1 unspecified atom stereocenters. The number of aliphatic carboxylic acids is 1. The van der Waals surface area contributed by atoms with Gasteiger partial charge in [-0.3, -0.25) is 14.3 Å². The zero-order valence-electron chi connectivity index (χ0n) is 16.1. The first-order valence-electron chi connectivity index (χ1n) is 9.31. The van der Waals surface area contributed by atoms with Crippen LogP contribution in [0.25, 0.3) is 0 Å². The summed E-state index contributed by atoms with van der Waals surface area (Å²) in [7, 11) is -3.91. The molecule has 158 valence electrons. The molecule has 0 spiro atoms. The molecule has 10 heteroatoms. The minimum absolute atomic E-state index is 0.0198. The van der Waals surface area contributed by atoms with Gasteiger partial charge in [0.1, 0.15) is 12.4 Å². The molecule has 2 aliphatic heterocycles. The first-order chi connectivity index (χ1) is 14.2. The van der Waals surface area contributed by atoms with Gasteiger partial charge in [0.15, 0.2) is 0 Å². The number of ether oxygens (including phenoxy) is 1. The number of nitrogens with zero attached hydrogens (tertiary/aromatic N) is 1.